The van der Waals surface area contributed by atoms with E-state index in [1.54, 1.807) is 60.1 Å². The number of hydrogen-bond acceptors (Lipinski definition) is 6. The molecule has 4 N–H and O–H groups in total. The summed E-state index contributed by atoms with van der Waals surface area (Å²) in [5.74, 6) is 12.2. The molecule has 0 aromatic rings. The van der Waals surface area contributed by atoms with Crippen LogP contribution in [0.3, 0.4) is 0 Å². The van der Waals surface area contributed by atoms with E-state index in [1.165, 1.54) is 88.6 Å². The van der Waals surface area contributed by atoms with Crippen molar-refractivity contribution in [2.24, 2.45) is 57.0 Å². The van der Waals surface area contributed by atoms with Gasteiger partial charge in [-0.2, -0.15) is 23.5 Å². The molecule has 0 aromatic carbocycles. The molecule has 8 rings (SSSR count). The van der Waals surface area contributed by atoms with Gasteiger partial charge in [0, 0.05) is 22.6 Å². The number of amidine groups is 2. The SMILES string of the molecule is NC(CSSCC(N)=NCCCCCSC12CC3CC(CC(C3)C1)C2)=NCCCCCSC12CC3CC(CC(C3)C1)C2. The monoisotopic (exact) mass is 650 g/mol. The van der Waals surface area contributed by atoms with Crippen molar-refractivity contribution in [3.63, 3.8) is 0 Å². The van der Waals surface area contributed by atoms with Crippen molar-refractivity contribution in [1.82, 2.24) is 0 Å². The minimum absolute atomic E-state index is 0.673. The molecule has 0 radical (unpaired) electrons. The van der Waals surface area contributed by atoms with E-state index in [9.17, 15) is 0 Å². The van der Waals surface area contributed by atoms with Crippen molar-refractivity contribution < 1.29 is 0 Å². The van der Waals surface area contributed by atoms with Gasteiger partial charge in [0.25, 0.3) is 0 Å². The number of hydrogen-bond donors (Lipinski definition) is 2. The number of thioether (sulfide) groups is 2. The smallest absolute Gasteiger partial charge is 0.105 e. The lowest BCUT2D eigenvalue weighted by atomic mass is 9.56. The number of aliphatic imine (C=N–C) groups is 2. The molecule has 4 nitrogen and oxygen atoms in total. The molecule has 42 heavy (non-hydrogen) atoms. The van der Waals surface area contributed by atoms with Crippen LogP contribution in [0.2, 0.25) is 0 Å². The molecule has 0 unspecified atom stereocenters. The minimum atomic E-state index is 0.673. The van der Waals surface area contributed by atoms with Gasteiger partial charge in [-0.15, -0.1) is 0 Å². The van der Waals surface area contributed by atoms with Crippen LogP contribution in [-0.4, -0.2) is 57.3 Å². The predicted molar refractivity (Wildman–Crippen MR) is 192 cm³/mol. The highest BCUT2D eigenvalue weighted by atomic mass is 33.1. The summed E-state index contributed by atoms with van der Waals surface area (Å²) < 4.78 is 1.35. The molecular weight excluding hydrogens is 593 g/mol. The Labute approximate surface area is 273 Å². The predicted octanol–water partition coefficient (Wildman–Crippen LogP) is 8.83. The average molecular weight is 651 g/mol. The summed E-state index contributed by atoms with van der Waals surface area (Å²) in [6.45, 7) is 1.76. The summed E-state index contributed by atoms with van der Waals surface area (Å²) in [4.78, 5) is 9.24. The van der Waals surface area contributed by atoms with E-state index in [0.717, 1.165) is 71.8 Å². The zero-order valence-corrected chi connectivity index (χ0v) is 29.4. The highest BCUT2D eigenvalue weighted by molar-refractivity contribution is 8.77. The molecule has 0 aliphatic heterocycles. The lowest BCUT2D eigenvalue weighted by molar-refractivity contribution is 0.0382. The summed E-state index contributed by atoms with van der Waals surface area (Å²) >= 11 is 4.69. The van der Waals surface area contributed by atoms with Gasteiger partial charge in [0.05, 0.1) is 11.5 Å². The molecule has 0 spiro atoms. The average Bonchev–Trinajstić information content (AvgIpc) is 2.93. The standard InChI is InChI=1S/C34H58N4S4/c35-31(37-7-3-1-5-9-39-33-17-25-11-26(18-33)13-27(12-25)19-33)23-41-42-24-32(36)38-8-4-2-6-10-40-34-20-28-14-29(21-34)16-30(15-28)22-34/h25-30H,1-24H2,(H2,35,37)(H2,36,38). The van der Waals surface area contributed by atoms with Crippen LogP contribution in [0.25, 0.3) is 0 Å². The lowest BCUT2D eigenvalue weighted by Crippen LogP contribution is -2.48. The summed E-state index contributed by atoms with van der Waals surface area (Å²) in [7, 11) is 3.51. The van der Waals surface area contributed by atoms with Crippen molar-refractivity contribution in [1.29, 1.82) is 0 Å². The number of nitrogens with zero attached hydrogens (tertiary/aromatic N) is 2. The van der Waals surface area contributed by atoms with Crippen LogP contribution >= 0.6 is 45.1 Å². The fourth-order valence-electron chi connectivity index (χ4n) is 10.5. The fourth-order valence-corrected chi connectivity index (χ4v) is 16.0. The van der Waals surface area contributed by atoms with E-state index < -0.39 is 0 Å². The van der Waals surface area contributed by atoms with Gasteiger partial charge in [-0.25, -0.2) is 0 Å². The summed E-state index contributed by atoms with van der Waals surface area (Å²) in [5, 5.41) is 0. The Morgan fingerprint density at radius 2 is 0.833 bits per heavy atom. The van der Waals surface area contributed by atoms with Gasteiger partial charge >= 0.3 is 0 Å². The van der Waals surface area contributed by atoms with Crippen molar-refractivity contribution in [2.75, 3.05) is 36.1 Å². The molecule has 0 saturated heterocycles. The van der Waals surface area contributed by atoms with Gasteiger partial charge in [0.2, 0.25) is 0 Å². The Balaban J connectivity index is 0.730. The molecule has 0 amide bonds. The molecule has 8 saturated carbocycles. The Kier molecular flexibility index (Phi) is 11.8. The fraction of sp³-hybridized carbons (Fsp3) is 0.941. The second-order valence-electron chi connectivity index (χ2n) is 15.3. The molecule has 0 atom stereocenters. The molecule has 8 aliphatic rings. The van der Waals surface area contributed by atoms with E-state index in [1.807, 2.05) is 0 Å². The number of unbranched alkanes of at least 4 members (excludes halogenated alkanes) is 4. The topological polar surface area (TPSA) is 76.8 Å². The second-order valence-corrected chi connectivity index (χ2v) is 20.9. The van der Waals surface area contributed by atoms with E-state index in [2.05, 4.69) is 33.5 Å². The molecule has 8 heteroatoms. The second kappa shape index (κ2) is 15.3. The zero-order chi connectivity index (χ0) is 28.8. The summed E-state index contributed by atoms with van der Waals surface area (Å²) in [6, 6.07) is 0. The quantitative estimate of drug-likeness (QED) is 0.0630. The van der Waals surface area contributed by atoms with Crippen molar-refractivity contribution in [3.8, 4) is 0 Å². The van der Waals surface area contributed by atoms with Gasteiger partial charge in [-0.3, -0.25) is 9.98 Å². The third-order valence-electron chi connectivity index (χ3n) is 11.5. The molecule has 238 valence electrons. The maximum absolute atomic E-state index is 6.17. The van der Waals surface area contributed by atoms with Crippen LogP contribution in [0, 0.1) is 35.5 Å². The maximum atomic E-state index is 6.17. The largest absolute Gasteiger partial charge is 0.387 e. The molecule has 0 heterocycles. The van der Waals surface area contributed by atoms with Crippen LogP contribution in [-0.2, 0) is 0 Å². The molecule has 8 bridgehead atoms. The highest BCUT2D eigenvalue weighted by Gasteiger charge is 2.52. The van der Waals surface area contributed by atoms with Crippen molar-refractivity contribution in [3.05, 3.63) is 0 Å². The van der Waals surface area contributed by atoms with E-state index in [4.69, 9.17) is 11.5 Å². The Morgan fingerprint density at radius 1 is 0.500 bits per heavy atom. The Morgan fingerprint density at radius 3 is 1.17 bits per heavy atom. The summed E-state index contributed by atoms with van der Waals surface area (Å²) in [6.07, 6.45) is 26.1. The third kappa shape index (κ3) is 8.99. The van der Waals surface area contributed by atoms with Crippen LogP contribution < -0.4 is 11.5 Å². The van der Waals surface area contributed by atoms with Gasteiger partial charge in [0.15, 0.2) is 0 Å². The first-order valence-electron chi connectivity index (χ1n) is 17.6. The Hall–Kier alpha value is 0.340. The van der Waals surface area contributed by atoms with Crippen molar-refractivity contribution >= 4 is 56.8 Å². The van der Waals surface area contributed by atoms with Crippen molar-refractivity contribution in [2.45, 2.75) is 125 Å². The molecule has 8 aliphatic carbocycles. The molecule has 8 fully saturated rings. The summed E-state index contributed by atoms with van der Waals surface area (Å²) in [5.41, 5.74) is 12.3. The van der Waals surface area contributed by atoms with E-state index >= 15 is 0 Å². The van der Waals surface area contributed by atoms with Gasteiger partial charge < -0.3 is 11.5 Å². The van der Waals surface area contributed by atoms with Crippen LogP contribution in [0.4, 0.5) is 0 Å². The van der Waals surface area contributed by atoms with Gasteiger partial charge in [-0.05, 0) is 150 Å². The first kappa shape index (κ1) is 32.3. The molecular formula is C34H58N4S4. The highest BCUT2D eigenvalue weighted by Crippen LogP contribution is 2.61. The number of nitrogens with two attached hydrogens (primary N) is 2. The number of rotatable bonds is 19. The van der Waals surface area contributed by atoms with Gasteiger partial charge in [-0.1, -0.05) is 34.4 Å². The Bertz CT molecular complexity index is 792. The van der Waals surface area contributed by atoms with Crippen LogP contribution in [0.15, 0.2) is 9.98 Å². The third-order valence-corrected chi connectivity index (χ3v) is 16.9. The normalized spacial score (nSPS) is 38.6. The first-order chi connectivity index (χ1) is 20.5. The molecule has 0 aromatic heterocycles. The van der Waals surface area contributed by atoms with Crippen LogP contribution in [0.1, 0.15) is 116 Å². The van der Waals surface area contributed by atoms with E-state index in [-0.39, 0.29) is 0 Å². The minimum Gasteiger partial charge on any atom is -0.387 e. The van der Waals surface area contributed by atoms with Gasteiger partial charge in [0.1, 0.15) is 11.7 Å². The van der Waals surface area contributed by atoms with E-state index in [0.29, 0.717) is 9.49 Å². The zero-order valence-electron chi connectivity index (χ0n) is 26.1. The first-order valence-corrected chi connectivity index (χ1v) is 22.0. The lowest BCUT2D eigenvalue weighted by Gasteiger charge is -2.56. The maximum Gasteiger partial charge on any atom is 0.105 e. The van der Waals surface area contributed by atoms with Crippen LogP contribution in [0.5, 0.6) is 0 Å².